The van der Waals surface area contributed by atoms with E-state index in [0.29, 0.717) is 0 Å². The summed E-state index contributed by atoms with van der Waals surface area (Å²) in [5, 5.41) is 0. The summed E-state index contributed by atoms with van der Waals surface area (Å²) in [6.45, 7) is 10.1. The molecule has 0 bridgehead atoms. The number of benzene rings is 1. The SMILES string of the molecule is C=C1C=C(C)c2cc(C)cc(C)c2O1. The first-order valence-corrected chi connectivity index (χ1v) is 4.74. The summed E-state index contributed by atoms with van der Waals surface area (Å²) >= 11 is 0. The van der Waals surface area contributed by atoms with E-state index in [4.69, 9.17) is 4.74 Å². The van der Waals surface area contributed by atoms with Gasteiger partial charge in [0.05, 0.1) is 0 Å². The van der Waals surface area contributed by atoms with Gasteiger partial charge < -0.3 is 4.74 Å². The van der Waals surface area contributed by atoms with Gasteiger partial charge in [-0.2, -0.15) is 0 Å². The predicted molar refractivity (Wildman–Crippen MR) is 59.3 cm³/mol. The zero-order valence-corrected chi connectivity index (χ0v) is 8.85. The number of fused-ring (bicyclic) bond motifs is 1. The quantitative estimate of drug-likeness (QED) is 0.601. The Morgan fingerprint density at radius 2 is 1.86 bits per heavy atom. The molecule has 1 aromatic carbocycles. The molecular weight excluding hydrogens is 172 g/mol. The monoisotopic (exact) mass is 186 g/mol. The molecular formula is C13H14O. The van der Waals surface area contributed by atoms with Crippen molar-refractivity contribution < 1.29 is 4.74 Å². The van der Waals surface area contributed by atoms with Crippen LogP contribution < -0.4 is 4.74 Å². The first-order valence-electron chi connectivity index (χ1n) is 4.74. The van der Waals surface area contributed by atoms with E-state index in [1.807, 2.05) is 6.08 Å². The molecule has 1 nitrogen and oxygen atoms in total. The van der Waals surface area contributed by atoms with Crippen molar-refractivity contribution in [2.75, 3.05) is 0 Å². The Kier molecular flexibility index (Phi) is 1.95. The van der Waals surface area contributed by atoms with Gasteiger partial charge in [-0.3, -0.25) is 0 Å². The second-order valence-electron chi connectivity index (χ2n) is 3.85. The van der Waals surface area contributed by atoms with Gasteiger partial charge in [0.25, 0.3) is 0 Å². The van der Waals surface area contributed by atoms with Crippen LogP contribution in [-0.4, -0.2) is 0 Å². The highest BCUT2D eigenvalue weighted by Gasteiger charge is 2.15. The maximum atomic E-state index is 5.62. The molecule has 1 heteroatoms. The molecule has 1 aliphatic rings. The van der Waals surface area contributed by atoms with Crippen LogP contribution in [-0.2, 0) is 0 Å². The van der Waals surface area contributed by atoms with Crippen LogP contribution in [0.15, 0.2) is 30.5 Å². The average Bonchev–Trinajstić information content (AvgIpc) is 2.07. The Balaban J connectivity index is 2.69. The minimum Gasteiger partial charge on any atom is -0.457 e. The molecule has 1 heterocycles. The lowest BCUT2D eigenvalue weighted by molar-refractivity contribution is 0.437. The summed E-state index contributed by atoms with van der Waals surface area (Å²) in [6, 6.07) is 4.28. The molecule has 0 N–H and O–H groups in total. The average molecular weight is 186 g/mol. The number of hydrogen-bond donors (Lipinski definition) is 0. The maximum Gasteiger partial charge on any atom is 0.137 e. The topological polar surface area (TPSA) is 9.23 Å². The van der Waals surface area contributed by atoms with E-state index in [9.17, 15) is 0 Å². The molecule has 72 valence electrons. The molecule has 0 amide bonds. The van der Waals surface area contributed by atoms with Crippen LogP contribution in [0.5, 0.6) is 5.75 Å². The van der Waals surface area contributed by atoms with Gasteiger partial charge in [0.15, 0.2) is 0 Å². The smallest absolute Gasteiger partial charge is 0.137 e. The minimum absolute atomic E-state index is 0.724. The van der Waals surface area contributed by atoms with Crippen LogP contribution in [0.25, 0.3) is 5.57 Å². The summed E-state index contributed by atoms with van der Waals surface area (Å²) in [6.07, 6.45) is 1.97. The third kappa shape index (κ3) is 1.35. The third-order valence-electron chi connectivity index (χ3n) is 2.45. The minimum atomic E-state index is 0.724. The van der Waals surface area contributed by atoms with Gasteiger partial charge in [-0.25, -0.2) is 0 Å². The van der Waals surface area contributed by atoms with Gasteiger partial charge in [0.1, 0.15) is 11.5 Å². The molecule has 2 rings (SSSR count). The van der Waals surface area contributed by atoms with Crippen LogP contribution in [0.2, 0.25) is 0 Å². The molecule has 1 aromatic rings. The van der Waals surface area contributed by atoms with E-state index in [1.54, 1.807) is 0 Å². The molecule has 0 fully saturated rings. The molecule has 0 aromatic heterocycles. The molecule has 0 saturated heterocycles. The Labute approximate surface area is 84.7 Å². The van der Waals surface area contributed by atoms with E-state index < -0.39 is 0 Å². The zero-order chi connectivity index (χ0) is 10.3. The van der Waals surface area contributed by atoms with Crippen molar-refractivity contribution >= 4 is 5.57 Å². The Morgan fingerprint density at radius 3 is 2.57 bits per heavy atom. The number of ether oxygens (including phenoxy) is 1. The van der Waals surface area contributed by atoms with Gasteiger partial charge in [0, 0.05) is 5.56 Å². The van der Waals surface area contributed by atoms with Crippen LogP contribution in [0.3, 0.4) is 0 Å². The molecule has 14 heavy (non-hydrogen) atoms. The fourth-order valence-electron chi connectivity index (χ4n) is 1.86. The van der Waals surface area contributed by atoms with Crippen molar-refractivity contribution in [3.63, 3.8) is 0 Å². The van der Waals surface area contributed by atoms with Crippen molar-refractivity contribution in [2.24, 2.45) is 0 Å². The standard InChI is InChI=1S/C13H14O/c1-8-5-10(3)13-12(6-8)9(2)7-11(4)14-13/h5-7H,4H2,1-3H3. The molecule has 0 atom stereocenters. The van der Waals surface area contributed by atoms with Crippen molar-refractivity contribution in [2.45, 2.75) is 20.8 Å². The maximum absolute atomic E-state index is 5.62. The lowest BCUT2D eigenvalue weighted by Crippen LogP contribution is -2.03. The predicted octanol–water partition coefficient (Wildman–Crippen LogP) is 3.61. The molecule has 0 aliphatic carbocycles. The number of rotatable bonds is 0. The van der Waals surface area contributed by atoms with Gasteiger partial charge >= 0.3 is 0 Å². The van der Waals surface area contributed by atoms with Crippen molar-refractivity contribution in [1.82, 2.24) is 0 Å². The van der Waals surface area contributed by atoms with Gasteiger partial charge in [0.2, 0.25) is 0 Å². The highest BCUT2D eigenvalue weighted by atomic mass is 16.5. The first kappa shape index (κ1) is 9.07. The highest BCUT2D eigenvalue weighted by molar-refractivity contribution is 5.75. The van der Waals surface area contributed by atoms with Gasteiger partial charge in [-0.15, -0.1) is 0 Å². The second-order valence-corrected chi connectivity index (χ2v) is 3.85. The summed E-state index contributed by atoms with van der Waals surface area (Å²) in [5.41, 5.74) is 4.86. The van der Waals surface area contributed by atoms with E-state index in [0.717, 1.165) is 11.5 Å². The molecule has 0 unspecified atom stereocenters. The molecule has 1 aliphatic heterocycles. The lowest BCUT2D eigenvalue weighted by Gasteiger charge is -2.20. The number of hydrogen-bond acceptors (Lipinski definition) is 1. The van der Waals surface area contributed by atoms with Crippen molar-refractivity contribution in [3.05, 3.63) is 47.2 Å². The highest BCUT2D eigenvalue weighted by Crippen LogP contribution is 2.35. The first-order chi connectivity index (χ1) is 6.58. The van der Waals surface area contributed by atoms with Gasteiger partial charge in [-0.1, -0.05) is 12.6 Å². The number of allylic oxidation sites excluding steroid dienone is 2. The number of aryl methyl sites for hydroxylation is 2. The summed E-state index contributed by atoms with van der Waals surface area (Å²) in [7, 11) is 0. The van der Waals surface area contributed by atoms with Crippen molar-refractivity contribution in [1.29, 1.82) is 0 Å². The summed E-state index contributed by atoms with van der Waals surface area (Å²) in [4.78, 5) is 0. The second kappa shape index (κ2) is 3.02. The summed E-state index contributed by atoms with van der Waals surface area (Å²) < 4.78 is 5.62. The van der Waals surface area contributed by atoms with E-state index in [1.165, 1.54) is 22.3 Å². The lowest BCUT2D eigenvalue weighted by atomic mass is 9.98. The third-order valence-corrected chi connectivity index (χ3v) is 2.45. The fraction of sp³-hybridized carbons (Fsp3) is 0.231. The van der Waals surface area contributed by atoms with Gasteiger partial charge in [-0.05, 0) is 49.6 Å². The van der Waals surface area contributed by atoms with Crippen LogP contribution in [0.1, 0.15) is 23.6 Å². The fourth-order valence-corrected chi connectivity index (χ4v) is 1.86. The van der Waals surface area contributed by atoms with E-state index in [-0.39, 0.29) is 0 Å². The molecule has 0 radical (unpaired) electrons. The van der Waals surface area contributed by atoms with Crippen LogP contribution in [0, 0.1) is 13.8 Å². The summed E-state index contributed by atoms with van der Waals surface area (Å²) in [5.74, 6) is 1.68. The molecule has 0 spiro atoms. The van der Waals surface area contributed by atoms with E-state index in [2.05, 4.69) is 39.5 Å². The normalized spacial score (nSPS) is 14.5. The largest absolute Gasteiger partial charge is 0.457 e. The van der Waals surface area contributed by atoms with Crippen LogP contribution >= 0.6 is 0 Å². The zero-order valence-electron chi connectivity index (χ0n) is 8.85. The van der Waals surface area contributed by atoms with Crippen LogP contribution in [0.4, 0.5) is 0 Å². The van der Waals surface area contributed by atoms with Crippen molar-refractivity contribution in [3.8, 4) is 5.75 Å². The Morgan fingerprint density at radius 1 is 1.14 bits per heavy atom. The Bertz CT molecular complexity index is 439. The molecule has 0 saturated carbocycles. The van der Waals surface area contributed by atoms with E-state index >= 15 is 0 Å². The Hall–Kier alpha value is -1.50.